The van der Waals surface area contributed by atoms with Gasteiger partial charge < -0.3 is 19.7 Å². The van der Waals surface area contributed by atoms with E-state index in [1.807, 2.05) is 36.4 Å². The molecule has 1 aliphatic rings. The normalized spacial score (nSPS) is 13.8. The number of hydrogen-bond acceptors (Lipinski definition) is 5. The first-order valence-electron chi connectivity index (χ1n) is 11.7. The molecule has 0 saturated carbocycles. The smallest absolute Gasteiger partial charge is 0.127 e. The highest BCUT2D eigenvalue weighted by molar-refractivity contribution is 5.48. The number of nitrogens with zero attached hydrogens (tertiary/aromatic N) is 2. The number of piperidine rings is 1. The Morgan fingerprint density at radius 1 is 0.788 bits per heavy atom. The van der Waals surface area contributed by atoms with Gasteiger partial charge in [0.1, 0.15) is 17.2 Å². The van der Waals surface area contributed by atoms with Crippen molar-refractivity contribution in [2.24, 2.45) is 0 Å². The van der Waals surface area contributed by atoms with Crippen molar-refractivity contribution in [2.75, 3.05) is 31.6 Å². The number of hydrogen-bond donors (Lipinski definition) is 1. The van der Waals surface area contributed by atoms with E-state index in [0.717, 1.165) is 43.3 Å². The highest BCUT2D eigenvalue weighted by Crippen LogP contribution is 2.24. The Balaban J connectivity index is 1.17. The molecular weight excluding hydrogens is 410 g/mol. The molecule has 5 heteroatoms. The molecule has 1 heterocycles. The summed E-state index contributed by atoms with van der Waals surface area (Å²) in [7, 11) is 0. The summed E-state index contributed by atoms with van der Waals surface area (Å²) >= 11 is 0. The quantitative estimate of drug-likeness (QED) is 0.379. The van der Waals surface area contributed by atoms with Crippen LogP contribution in [0, 0.1) is 11.3 Å². The fraction of sp³-hybridized carbons (Fsp3) is 0.321. The molecule has 0 unspecified atom stereocenters. The van der Waals surface area contributed by atoms with E-state index in [4.69, 9.17) is 14.7 Å². The van der Waals surface area contributed by atoms with Gasteiger partial charge in [-0.1, -0.05) is 18.6 Å². The van der Waals surface area contributed by atoms with Crippen LogP contribution in [-0.2, 0) is 6.54 Å². The Labute approximate surface area is 196 Å². The second-order valence-corrected chi connectivity index (χ2v) is 8.36. The lowest BCUT2D eigenvalue weighted by Gasteiger charge is -2.26. The standard InChI is InChI=1S/C28H31N3O2/c29-21-23-5-13-27(14-6-23)33-28-15-9-25(10-16-28)30-22-24-7-11-26(12-8-24)32-20-4-19-31-17-2-1-3-18-31/h5-16,30H,1-4,17-20,22H2. The molecule has 1 fully saturated rings. The fourth-order valence-corrected chi connectivity index (χ4v) is 3.94. The van der Waals surface area contributed by atoms with Gasteiger partial charge in [-0.15, -0.1) is 0 Å². The third-order valence-corrected chi connectivity index (χ3v) is 5.83. The molecular formula is C28H31N3O2. The molecule has 170 valence electrons. The summed E-state index contributed by atoms with van der Waals surface area (Å²) < 4.78 is 11.7. The van der Waals surface area contributed by atoms with Crippen molar-refractivity contribution in [3.8, 4) is 23.3 Å². The predicted octanol–water partition coefficient (Wildman–Crippen LogP) is 6.22. The first-order chi connectivity index (χ1) is 16.3. The van der Waals surface area contributed by atoms with Gasteiger partial charge in [0, 0.05) is 18.8 Å². The molecule has 4 rings (SSSR count). The first kappa shape index (κ1) is 22.7. The zero-order valence-electron chi connectivity index (χ0n) is 19.0. The summed E-state index contributed by atoms with van der Waals surface area (Å²) in [4.78, 5) is 2.55. The molecule has 0 amide bonds. The number of nitrogens with one attached hydrogen (secondary N) is 1. The highest BCUT2D eigenvalue weighted by Gasteiger charge is 2.09. The van der Waals surface area contributed by atoms with Crippen molar-refractivity contribution in [3.63, 3.8) is 0 Å². The average molecular weight is 442 g/mol. The molecule has 1 aliphatic heterocycles. The van der Waals surface area contributed by atoms with E-state index >= 15 is 0 Å². The van der Waals surface area contributed by atoms with Crippen LogP contribution >= 0.6 is 0 Å². The molecule has 3 aromatic carbocycles. The van der Waals surface area contributed by atoms with E-state index in [9.17, 15) is 0 Å². The van der Waals surface area contributed by atoms with Crippen LogP contribution in [0.3, 0.4) is 0 Å². The molecule has 0 bridgehead atoms. The maximum atomic E-state index is 8.87. The van der Waals surface area contributed by atoms with Crippen LogP contribution in [-0.4, -0.2) is 31.1 Å². The van der Waals surface area contributed by atoms with E-state index in [-0.39, 0.29) is 0 Å². The number of rotatable bonds is 10. The Kier molecular flexibility index (Phi) is 8.21. The van der Waals surface area contributed by atoms with Gasteiger partial charge >= 0.3 is 0 Å². The maximum Gasteiger partial charge on any atom is 0.127 e. The minimum atomic E-state index is 0.620. The number of likely N-dealkylation sites (tertiary alicyclic amines) is 1. The van der Waals surface area contributed by atoms with Gasteiger partial charge in [0.2, 0.25) is 0 Å². The van der Waals surface area contributed by atoms with Crippen LogP contribution in [0.2, 0.25) is 0 Å². The van der Waals surface area contributed by atoms with Crippen molar-refractivity contribution in [3.05, 3.63) is 83.9 Å². The van der Waals surface area contributed by atoms with Gasteiger partial charge in [-0.2, -0.15) is 5.26 Å². The molecule has 0 aliphatic carbocycles. The van der Waals surface area contributed by atoms with Crippen LogP contribution in [0.15, 0.2) is 72.8 Å². The van der Waals surface area contributed by atoms with Crippen molar-refractivity contribution in [1.82, 2.24) is 4.90 Å². The van der Waals surface area contributed by atoms with E-state index < -0.39 is 0 Å². The fourth-order valence-electron chi connectivity index (χ4n) is 3.94. The van der Waals surface area contributed by atoms with E-state index in [2.05, 4.69) is 28.4 Å². The average Bonchev–Trinajstić information content (AvgIpc) is 2.88. The largest absolute Gasteiger partial charge is 0.494 e. The van der Waals surface area contributed by atoms with Gasteiger partial charge in [0.05, 0.1) is 18.2 Å². The summed E-state index contributed by atoms with van der Waals surface area (Å²) in [6.45, 7) is 5.14. The van der Waals surface area contributed by atoms with E-state index in [1.165, 1.54) is 37.9 Å². The third kappa shape index (κ3) is 7.27. The summed E-state index contributed by atoms with van der Waals surface area (Å²) in [5.74, 6) is 2.40. The van der Waals surface area contributed by atoms with Crippen molar-refractivity contribution >= 4 is 5.69 Å². The van der Waals surface area contributed by atoms with E-state index in [0.29, 0.717) is 11.3 Å². The van der Waals surface area contributed by atoms with Crippen molar-refractivity contribution in [2.45, 2.75) is 32.2 Å². The molecule has 0 spiro atoms. The molecule has 1 saturated heterocycles. The number of anilines is 1. The van der Waals surface area contributed by atoms with Crippen LogP contribution in [0.1, 0.15) is 36.8 Å². The Morgan fingerprint density at radius 3 is 2.09 bits per heavy atom. The first-order valence-corrected chi connectivity index (χ1v) is 11.7. The minimum Gasteiger partial charge on any atom is -0.494 e. The molecule has 1 N–H and O–H groups in total. The molecule has 0 atom stereocenters. The van der Waals surface area contributed by atoms with Gasteiger partial charge in [-0.25, -0.2) is 0 Å². The van der Waals surface area contributed by atoms with Crippen LogP contribution in [0.4, 0.5) is 5.69 Å². The Hall–Kier alpha value is -3.49. The number of nitriles is 1. The van der Waals surface area contributed by atoms with E-state index in [1.54, 1.807) is 24.3 Å². The summed E-state index contributed by atoms with van der Waals surface area (Å²) in [6.07, 6.45) is 5.14. The summed E-state index contributed by atoms with van der Waals surface area (Å²) in [6, 6.07) is 25.4. The van der Waals surface area contributed by atoms with Crippen LogP contribution in [0.25, 0.3) is 0 Å². The van der Waals surface area contributed by atoms with Gasteiger partial charge in [0.25, 0.3) is 0 Å². The van der Waals surface area contributed by atoms with Gasteiger partial charge in [-0.3, -0.25) is 0 Å². The van der Waals surface area contributed by atoms with Gasteiger partial charge in [-0.05, 0) is 98.6 Å². The zero-order valence-corrected chi connectivity index (χ0v) is 19.0. The van der Waals surface area contributed by atoms with Crippen LogP contribution in [0.5, 0.6) is 17.2 Å². The molecule has 0 radical (unpaired) electrons. The lowest BCUT2D eigenvalue weighted by atomic mass is 10.1. The zero-order chi connectivity index (χ0) is 22.7. The topological polar surface area (TPSA) is 57.5 Å². The second-order valence-electron chi connectivity index (χ2n) is 8.36. The Bertz CT molecular complexity index is 1020. The van der Waals surface area contributed by atoms with Crippen molar-refractivity contribution < 1.29 is 9.47 Å². The molecule has 3 aromatic rings. The SMILES string of the molecule is N#Cc1ccc(Oc2ccc(NCc3ccc(OCCCN4CCCCC4)cc3)cc2)cc1. The van der Waals surface area contributed by atoms with Crippen molar-refractivity contribution in [1.29, 1.82) is 5.26 Å². The highest BCUT2D eigenvalue weighted by atomic mass is 16.5. The third-order valence-electron chi connectivity index (χ3n) is 5.83. The molecule has 5 nitrogen and oxygen atoms in total. The maximum absolute atomic E-state index is 8.87. The minimum absolute atomic E-state index is 0.620. The van der Waals surface area contributed by atoms with Gasteiger partial charge in [0.15, 0.2) is 0 Å². The monoisotopic (exact) mass is 441 g/mol. The lowest BCUT2D eigenvalue weighted by Crippen LogP contribution is -2.31. The summed E-state index contributed by atoms with van der Waals surface area (Å²) in [5.41, 5.74) is 2.85. The number of ether oxygens (including phenoxy) is 2. The predicted molar refractivity (Wildman–Crippen MR) is 132 cm³/mol. The summed E-state index contributed by atoms with van der Waals surface area (Å²) in [5, 5.41) is 12.3. The van der Waals surface area contributed by atoms with Crippen LogP contribution < -0.4 is 14.8 Å². The number of benzene rings is 3. The Morgan fingerprint density at radius 2 is 1.42 bits per heavy atom. The molecule has 0 aromatic heterocycles. The molecule has 33 heavy (non-hydrogen) atoms. The second kappa shape index (κ2) is 11.9. The lowest BCUT2D eigenvalue weighted by molar-refractivity contribution is 0.205.